The summed E-state index contributed by atoms with van der Waals surface area (Å²) >= 11 is 0. The maximum absolute atomic E-state index is 6.56. The summed E-state index contributed by atoms with van der Waals surface area (Å²) in [6.07, 6.45) is 4.10. The molecule has 6 aromatic rings. The van der Waals surface area contributed by atoms with Gasteiger partial charge in [-0.15, -0.1) is 0 Å². The van der Waals surface area contributed by atoms with Gasteiger partial charge in [-0.05, 0) is 86.8 Å². The Morgan fingerprint density at radius 3 is 1.87 bits per heavy atom. The summed E-state index contributed by atoms with van der Waals surface area (Å²) in [4.78, 5) is 0. The molecule has 0 saturated heterocycles. The Hall–Kier alpha value is -5.12. The Morgan fingerprint density at radius 2 is 1.15 bits per heavy atom. The number of anilines is 1. The monoisotopic (exact) mass is 617 g/mol. The van der Waals surface area contributed by atoms with Crippen LogP contribution in [0.1, 0.15) is 67.7 Å². The SMILES string of the molecule is CC.CC.Nc1ccc2ccc(-c3cccc(C4NC(c5ccccc5)=CC(c5ccccc5)N4)c3)cc2c1CCc1ccccc1. The maximum Gasteiger partial charge on any atom is 0.104 e. The van der Waals surface area contributed by atoms with Crippen molar-refractivity contribution in [1.82, 2.24) is 10.6 Å². The summed E-state index contributed by atoms with van der Waals surface area (Å²) in [6.45, 7) is 8.00. The summed E-state index contributed by atoms with van der Waals surface area (Å²) in [5.41, 5.74) is 17.1. The molecule has 0 saturated carbocycles. The molecular formula is C44H47N3. The third kappa shape index (κ3) is 8.00. The lowest BCUT2D eigenvalue weighted by Gasteiger charge is -2.33. The predicted octanol–water partition coefficient (Wildman–Crippen LogP) is 10.9. The van der Waals surface area contributed by atoms with Gasteiger partial charge in [-0.3, -0.25) is 5.32 Å². The Balaban J connectivity index is 0.00000105. The van der Waals surface area contributed by atoms with Crippen LogP contribution in [0, 0.1) is 0 Å². The average Bonchev–Trinajstić information content (AvgIpc) is 3.17. The van der Waals surface area contributed by atoms with Gasteiger partial charge in [0.1, 0.15) is 6.17 Å². The second-order valence-corrected chi connectivity index (χ2v) is 11.3. The highest BCUT2D eigenvalue weighted by molar-refractivity contribution is 5.93. The van der Waals surface area contributed by atoms with E-state index >= 15 is 0 Å². The van der Waals surface area contributed by atoms with Gasteiger partial charge in [-0.2, -0.15) is 0 Å². The van der Waals surface area contributed by atoms with Crippen LogP contribution in [-0.4, -0.2) is 0 Å². The Morgan fingerprint density at radius 1 is 0.553 bits per heavy atom. The molecule has 0 amide bonds. The van der Waals surface area contributed by atoms with E-state index in [1.807, 2.05) is 33.8 Å². The van der Waals surface area contributed by atoms with Crippen molar-refractivity contribution in [2.24, 2.45) is 0 Å². The molecule has 2 unspecified atom stereocenters. The number of hydrogen-bond acceptors (Lipinski definition) is 3. The normalized spacial score (nSPS) is 15.3. The number of rotatable bonds is 7. The zero-order chi connectivity index (χ0) is 33.0. The minimum atomic E-state index is -0.0529. The highest BCUT2D eigenvalue weighted by Crippen LogP contribution is 2.34. The predicted molar refractivity (Wildman–Crippen MR) is 203 cm³/mol. The molecule has 0 bridgehead atoms. The van der Waals surface area contributed by atoms with Crippen LogP contribution in [-0.2, 0) is 12.8 Å². The van der Waals surface area contributed by atoms with Crippen molar-refractivity contribution >= 4 is 22.2 Å². The summed E-state index contributed by atoms with van der Waals surface area (Å²) in [5, 5.41) is 10.1. The molecular weight excluding hydrogens is 571 g/mol. The van der Waals surface area contributed by atoms with E-state index in [2.05, 4.69) is 156 Å². The molecule has 47 heavy (non-hydrogen) atoms. The molecule has 1 aliphatic rings. The lowest BCUT2D eigenvalue weighted by Crippen LogP contribution is -2.39. The lowest BCUT2D eigenvalue weighted by molar-refractivity contribution is 0.443. The fourth-order valence-corrected chi connectivity index (χ4v) is 6.14. The van der Waals surface area contributed by atoms with E-state index in [4.69, 9.17) is 5.73 Å². The molecule has 2 atom stereocenters. The van der Waals surface area contributed by atoms with Crippen molar-refractivity contribution in [1.29, 1.82) is 0 Å². The van der Waals surface area contributed by atoms with Crippen LogP contribution in [0.2, 0.25) is 0 Å². The molecule has 3 nitrogen and oxygen atoms in total. The van der Waals surface area contributed by atoms with Crippen molar-refractivity contribution in [3.8, 4) is 11.1 Å². The van der Waals surface area contributed by atoms with Crippen LogP contribution in [0.4, 0.5) is 5.69 Å². The summed E-state index contributed by atoms with van der Waals surface area (Å²) in [5.74, 6) is 0. The number of aryl methyl sites for hydroxylation is 2. The van der Waals surface area contributed by atoms with Gasteiger partial charge in [-0.25, -0.2) is 0 Å². The first-order chi connectivity index (χ1) is 23.2. The van der Waals surface area contributed by atoms with Crippen LogP contribution >= 0.6 is 0 Å². The number of nitrogen functional groups attached to an aromatic ring is 1. The molecule has 238 valence electrons. The van der Waals surface area contributed by atoms with Crippen molar-refractivity contribution in [2.75, 3.05) is 5.73 Å². The number of nitrogens with two attached hydrogens (primary N) is 1. The zero-order valence-electron chi connectivity index (χ0n) is 28.1. The topological polar surface area (TPSA) is 50.1 Å². The summed E-state index contributed by atoms with van der Waals surface area (Å²) in [7, 11) is 0. The van der Waals surface area contributed by atoms with Crippen LogP contribution in [0.5, 0.6) is 0 Å². The molecule has 6 aromatic carbocycles. The van der Waals surface area contributed by atoms with Crippen molar-refractivity contribution in [3.05, 3.63) is 179 Å². The third-order valence-corrected chi connectivity index (χ3v) is 8.45. The van der Waals surface area contributed by atoms with Crippen molar-refractivity contribution in [2.45, 2.75) is 52.7 Å². The van der Waals surface area contributed by atoms with E-state index in [0.29, 0.717) is 0 Å². The first kappa shape index (κ1) is 33.2. The van der Waals surface area contributed by atoms with Gasteiger partial charge in [0, 0.05) is 11.4 Å². The van der Waals surface area contributed by atoms with Gasteiger partial charge in [0.2, 0.25) is 0 Å². The van der Waals surface area contributed by atoms with Crippen molar-refractivity contribution in [3.63, 3.8) is 0 Å². The van der Waals surface area contributed by atoms with E-state index < -0.39 is 0 Å². The first-order valence-electron chi connectivity index (χ1n) is 17.0. The van der Waals surface area contributed by atoms with Crippen LogP contribution in [0.15, 0.2) is 152 Å². The molecule has 1 heterocycles. The number of benzene rings is 6. The first-order valence-corrected chi connectivity index (χ1v) is 17.0. The van der Waals surface area contributed by atoms with E-state index in [-0.39, 0.29) is 12.2 Å². The van der Waals surface area contributed by atoms with Crippen LogP contribution in [0.25, 0.3) is 27.6 Å². The van der Waals surface area contributed by atoms with Crippen molar-refractivity contribution < 1.29 is 0 Å². The molecule has 7 rings (SSSR count). The summed E-state index contributed by atoms with van der Waals surface area (Å²) in [6, 6.07) is 51.7. The van der Waals surface area contributed by atoms with Gasteiger partial charge in [-0.1, -0.05) is 155 Å². The molecule has 0 radical (unpaired) electrons. The molecule has 0 aliphatic carbocycles. The third-order valence-electron chi connectivity index (χ3n) is 8.45. The van der Waals surface area contributed by atoms with Gasteiger partial charge in [0.05, 0.1) is 6.04 Å². The van der Waals surface area contributed by atoms with Crippen LogP contribution < -0.4 is 16.4 Å². The molecule has 3 heteroatoms. The fraction of sp³-hybridized carbons (Fsp3) is 0.182. The van der Waals surface area contributed by atoms with E-state index in [0.717, 1.165) is 24.2 Å². The highest BCUT2D eigenvalue weighted by Gasteiger charge is 2.24. The summed E-state index contributed by atoms with van der Waals surface area (Å²) < 4.78 is 0. The van der Waals surface area contributed by atoms with Gasteiger partial charge >= 0.3 is 0 Å². The number of nitrogens with one attached hydrogen (secondary N) is 2. The molecule has 1 aliphatic heterocycles. The van der Waals surface area contributed by atoms with Crippen LogP contribution in [0.3, 0.4) is 0 Å². The van der Waals surface area contributed by atoms with Gasteiger partial charge in [0.15, 0.2) is 0 Å². The Kier molecular flexibility index (Phi) is 11.6. The Labute approximate surface area is 281 Å². The zero-order valence-corrected chi connectivity index (χ0v) is 28.1. The molecule has 0 aromatic heterocycles. The smallest absolute Gasteiger partial charge is 0.104 e. The lowest BCUT2D eigenvalue weighted by atomic mass is 9.93. The average molecular weight is 618 g/mol. The minimum absolute atomic E-state index is 0.0529. The highest BCUT2D eigenvalue weighted by atomic mass is 15.2. The fourth-order valence-electron chi connectivity index (χ4n) is 6.14. The van der Waals surface area contributed by atoms with Gasteiger partial charge in [0.25, 0.3) is 0 Å². The number of fused-ring (bicyclic) bond motifs is 1. The minimum Gasteiger partial charge on any atom is -0.398 e. The number of hydrogen-bond donors (Lipinski definition) is 3. The van der Waals surface area contributed by atoms with E-state index in [1.54, 1.807) is 0 Å². The quantitative estimate of drug-likeness (QED) is 0.156. The van der Waals surface area contributed by atoms with E-state index in [1.165, 1.54) is 49.7 Å². The second-order valence-electron chi connectivity index (χ2n) is 11.3. The van der Waals surface area contributed by atoms with Gasteiger partial charge < -0.3 is 11.1 Å². The molecule has 0 fully saturated rings. The molecule has 4 N–H and O–H groups in total. The Bertz CT molecular complexity index is 1880. The maximum atomic E-state index is 6.56. The largest absolute Gasteiger partial charge is 0.398 e. The standard InChI is InChI=1S/C40H35N3.2C2H6/c41-37-24-22-29-20-21-33(26-36(29)35(37)23-19-28-11-4-1-5-12-28)32-17-10-18-34(25-32)40-42-38(30-13-6-2-7-14-30)27-39(43-40)31-15-8-3-9-16-31;2*1-2/h1-18,20-22,24-27,38,40,42-43H,19,23,41H2;2*1-2H3. The second kappa shape index (κ2) is 16.4. The van der Waals surface area contributed by atoms with E-state index in [9.17, 15) is 0 Å². The molecule has 0 spiro atoms.